The molecule has 2 amide bonds. The third-order valence-corrected chi connectivity index (χ3v) is 8.36. The number of amides is 2. The predicted octanol–water partition coefficient (Wildman–Crippen LogP) is 5.07. The van der Waals surface area contributed by atoms with Gasteiger partial charge in [0.15, 0.2) is 5.82 Å². The number of carbonyl (C=O) groups excluding carboxylic acids is 1. The van der Waals surface area contributed by atoms with Crippen molar-refractivity contribution in [2.75, 3.05) is 19.7 Å². The lowest BCUT2D eigenvalue weighted by Gasteiger charge is -2.34. The van der Waals surface area contributed by atoms with E-state index in [0.29, 0.717) is 36.9 Å². The first-order valence-corrected chi connectivity index (χ1v) is 13.9. The zero-order chi connectivity index (χ0) is 26.9. The molecule has 2 aromatic heterocycles. The summed E-state index contributed by atoms with van der Waals surface area (Å²) < 4.78 is 11.0. The number of rotatable bonds is 5. The fraction of sp³-hybridized carbons (Fsp3) is 0.433. The number of fused-ring (bicyclic) bond motifs is 1. The van der Waals surface area contributed by atoms with Crippen LogP contribution in [0.15, 0.2) is 42.5 Å². The summed E-state index contributed by atoms with van der Waals surface area (Å²) in [6.07, 6.45) is 2.93. The number of para-hydroxylation sites is 1. The largest absolute Gasteiger partial charge is 0.489 e. The van der Waals surface area contributed by atoms with E-state index >= 15 is 0 Å². The molecular weight excluding hydrogens is 494 g/mol. The summed E-state index contributed by atoms with van der Waals surface area (Å²) in [5.41, 5.74) is 4.14. The van der Waals surface area contributed by atoms with Crippen molar-refractivity contribution in [1.29, 1.82) is 0 Å². The van der Waals surface area contributed by atoms with Crippen molar-refractivity contribution < 1.29 is 19.4 Å². The lowest BCUT2D eigenvalue weighted by Crippen LogP contribution is -2.49. The van der Waals surface area contributed by atoms with Crippen molar-refractivity contribution in [3.05, 3.63) is 48.0 Å². The Bertz CT molecular complexity index is 1630. The standard InChI is InChI=1S/C30H33N5O4/c1-30(2)17-39-25-14-20(28(36)33-11-5-7-21(16-33)31-29(37)38)12-22-26(25)35(30)27(32-22)24-13-19-6-3-4-8-23(19)34(24)15-18-9-10-18/h3-4,6,8,12-14,18,21,31H,5,7,9-11,15-17H2,1-2H3,(H,37,38)/t21-/m1/s1. The van der Waals surface area contributed by atoms with Gasteiger partial charge in [-0.25, -0.2) is 9.78 Å². The van der Waals surface area contributed by atoms with Crippen LogP contribution in [0.3, 0.4) is 0 Å². The molecule has 0 radical (unpaired) electrons. The van der Waals surface area contributed by atoms with Crippen LogP contribution >= 0.6 is 0 Å². The predicted molar refractivity (Wildman–Crippen MR) is 148 cm³/mol. The van der Waals surface area contributed by atoms with Gasteiger partial charge >= 0.3 is 6.09 Å². The molecule has 39 heavy (non-hydrogen) atoms. The maximum absolute atomic E-state index is 13.6. The van der Waals surface area contributed by atoms with Gasteiger partial charge in [0.2, 0.25) is 0 Å². The fourth-order valence-corrected chi connectivity index (χ4v) is 6.27. The van der Waals surface area contributed by atoms with E-state index in [0.717, 1.165) is 41.9 Å². The molecule has 1 saturated carbocycles. The van der Waals surface area contributed by atoms with Crippen molar-refractivity contribution in [3.63, 3.8) is 0 Å². The first-order valence-electron chi connectivity index (χ1n) is 13.9. The summed E-state index contributed by atoms with van der Waals surface area (Å²) in [6, 6.07) is 14.2. The molecule has 1 atom stereocenters. The van der Waals surface area contributed by atoms with Crippen molar-refractivity contribution >= 4 is 33.9 Å². The minimum absolute atomic E-state index is 0.127. The zero-order valence-electron chi connectivity index (χ0n) is 22.3. The zero-order valence-corrected chi connectivity index (χ0v) is 22.3. The van der Waals surface area contributed by atoms with Gasteiger partial charge in [-0.3, -0.25) is 4.79 Å². The van der Waals surface area contributed by atoms with E-state index in [1.165, 1.54) is 23.7 Å². The molecule has 0 unspecified atom stereocenters. The highest BCUT2D eigenvalue weighted by atomic mass is 16.5. The van der Waals surface area contributed by atoms with Crippen LogP contribution in [0.4, 0.5) is 4.79 Å². The normalized spacial score (nSPS) is 20.3. The number of benzene rings is 2. The van der Waals surface area contributed by atoms with E-state index < -0.39 is 6.09 Å². The molecule has 9 heteroatoms. The second-order valence-electron chi connectivity index (χ2n) is 11.9. The molecule has 2 fully saturated rings. The number of hydrogen-bond donors (Lipinski definition) is 2. The van der Waals surface area contributed by atoms with Crippen LogP contribution in [-0.4, -0.2) is 61.9 Å². The molecule has 1 saturated heterocycles. The third kappa shape index (κ3) is 4.11. The molecule has 2 aliphatic heterocycles. The number of nitrogens with one attached hydrogen (secondary N) is 1. The molecule has 2 N–H and O–H groups in total. The minimum Gasteiger partial charge on any atom is -0.489 e. The molecule has 0 spiro atoms. The summed E-state index contributed by atoms with van der Waals surface area (Å²) in [4.78, 5) is 31.7. The molecule has 3 aliphatic rings. The second-order valence-corrected chi connectivity index (χ2v) is 11.9. The number of aromatic nitrogens is 3. The Morgan fingerprint density at radius 1 is 1.15 bits per heavy atom. The first kappa shape index (κ1) is 24.1. The summed E-state index contributed by atoms with van der Waals surface area (Å²) in [5.74, 6) is 2.13. The quantitative estimate of drug-likeness (QED) is 0.378. The molecule has 202 valence electrons. The Labute approximate surface area is 226 Å². The van der Waals surface area contributed by atoms with Gasteiger partial charge in [0, 0.05) is 42.1 Å². The van der Waals surface area contributed by atoms with Crippen LogP contribution in [-0.2, 0) is 12.1 Å². The maximum Gasteiger partial charge on any atom is 0.404 e. The number of likely N-dealkylation sites (tertiary alicyclic amines) is 1. The topological polar surface area (TPSA) is 102 Å². The number of imidazole rings is 1. The van der Waals surface area contributed by atoms with Crippen LogP contribution < -0.4 is 10.1 Å². The molecule has 7 rings (SSSR count). The van der Waals surface area contributed by atoms with Crippen molar-refractivity contribution in [1.82, 2.24) is 24.3 Å². The molecule has 9 nitrogen and oxygen atoms in total. The number of nitrogens with zero attached hydrogens (tertiary/aromatic N) is 4. The lowest BCUT2D eigenvalue weighted by molar-refractivity contribution is 0.0691. The highest BCUT2D eigenvalue weighted by molar-refractivity contribution is 6.00. The summed E-state index contributed by atoms with van der Waals surface area (Å²) in [7, 11) is 0. The van der Waals surface area contributed by atoms with E-state index in [2.05, 4.69) is 58.6 Å². The van der Waals surface area contributed by atoms with E-state index in [-0.39, 0.29) is 17.5 Å². The SMILES string of the molecule is CC1(C)COc2cc(C(=O)N3CCC[C@@H](NC(=O)O)C3)cc3nc(-c4cc5ccccc5n4CC4CC4)n1c23. The molecule has 4 heterocycles. The number of carboxylic acid groups (broad SMARTS) is 1. The Morgan fingerprint density at radius 3 is 2.77 bits per heavy atom. The Hall–Kier alpha value is -4.01. The van der Waals surface area contributed by atoms with Gasteiger partial charge < -0.3 is 29.2 Å². The number of carbonyl (C=O) groups is 2. The van der Waals surface area contributed by atoms with Gasteiger partial charge in [-0.05, 0) is 69.7 Å². The molecule has 4 aromatic rings. The Morgan fingerprint density at radius 2 is 1.97 bits per heavy atom. The fourth-order valence-electron chi connectivity index (χ4n) is 6.27. The molecule has 0 bridgehead atoms. The summed E-state index contributed by atoms with van der Waals surface area (Å²) in [5, 5.41) is 12.9. The molecule has 2 aromatic carbocycles. The number of piperidine rings is 1. The highest BCUT2D eigenvalue weighted by Crippen LogP contribution is 2.43. The molecular formula is C30H33N5O4. The first-order chi connectivity index (χ1) is 18.8. The average molecular weight is 528 g/mol. The number of ether oxygens (including phenoxy) is 1. The van der Waals surface area contributed by atoms with Crippen LogP contribution in [0.25, 0.3) is 33.5 Å². The van der Waals surface area contributed by atoms with Crippen LogP contribution in [0.1, 0.15) is 49.9 Å². The van der Waals surface area contributed by atoms with Crippen LogP contribution in [0.2, 0.25) is 0 Å². The van der Waals surface area contributed by atoms with Gasteiger partial charge in [0.05, 0.1) is 16.7 Å². The van der Waals surface area contributed by atoms with Crippen LogP contribution in [0, 0.1) is 5.92 Å². The number of hydrogen-bond acceptors (Lipinski definition) is 4. The monoisotopic (exact) mass is 527 g/mol. The van der Waals surface area contributed by atoms with E-state index in [1.54, 1.807) is 4.90 Å². The maximum atomic E-state index is 13.6. The van der Waals surface area contributed by atoms with Gasteiger partial charge in [-0.15, -0.1) is 0 Å². The smallest absolute Gasteiger partial charge is 0.404 e. The van der Waals surface area contributed by atoms with Crippen molar-refractivity contribution in [2.45, 2.75) is 57.7 Å². The Kier molecular flexibility index (Phi) is 5.40. The second kappa shape index (κ2) is 8.76. The van der Waals surface area contributed by atoms with E-state index in [4.69, 9.17) is 14.8 Å². The summed E-state index contributed by atoms with van der Waals surface area (Å²) in [6.45, 7) is 6.72. The van der Waals surface area contributed by atoms with E-state index in [9.17, 15) is 9.59 Å². The van der Waals surface area contributed by atoms with Gasteiger partial charge in [0.1, 0.15) is 17.9 Å². The lowest BCUT2D eigenvalue weighted by atomic mass is 10.0. The van der Waals surface area contributed by atoms with Crippen molar-refractivity contribution in [2.24, 2.45) is 5.92 Å². The van der Waals surface area contributed by atoms with Gasteiger partial charge in [0.25, 0.3) is 5.91 Å². The summed E-state index contributed by atoms with van der Waals surface area (Å²) >= 11 is 0. The van der Waals surface area contributed by atoms with E-state index in [1.807, 2.05) is 12.1 Å². The van der Waals surface area contributed by atoms with Crippen molar-refractivity contribution in [3.8, 4) is 17.3 Å². The highest BCUT2D eigenvalue weighted by Gasteiger charge is 2.36. The molecule has 1 aliphatic carbocycles. The Balaban J connectivity index is 1.34. The van der Waals surface area contributed by atoms with Crippen LogP contribution in [0.5, 0.6) is 5.75 Å². The van der Waals surface area contributed by atoms with Gasteiger partial charge in [-0.2, -0.15) is 0 Å². The van der Waals surface area contributed by atoms with Gasteiger partial charge in [-0.1, -0.05) is 18.2 Å². The average Bonchev–Trinajstić information content (AvgIpc) is 3.53. The third-order valence-electron chi connectivity index (χ3n) is 8.36. The minimum atomic E-state index is -1.06.